The van der Waals surface area contributed by atoms with Crippen LogP contribution in [0, 0.1) is 0 Å². The molecule has 6 heteroatoms. The van der Waals surface area contributed by atoms with Gasteiger partial charge in [0.2, 0.25) is 5.78 Å². The van der Waals surface area contributed by atoms with Gasteiger partial charge in [-0.2, -0.15) is 0 Å². The maximum atomic E-state index is 5.33. The van der Waals surface area contributed by atoms with E-state index in [1.165, 1.54) is 0 Å². The minimum atomic E-state index is 0.692. The molecular formula is C35H22N6. The third-order valence-corrected chi connectivity index (χ3v) is 7.85. The summed E-state index contributed by atoms with van der Waals surface area (Å²) in [4.78, 5) is 15.5. The van der Waals surface area contributed by atoms with Crippen molar-refractivity contribution in [1.82, 2.24) is 28.5 Å². The molecule has 0 saturated heterocycles. The molecule has 0 radical (unpaired) electrons. The van der Waals surface area contributed by atoms with Gasteiger partial charge in [0, 0.05) is 22.0 Å². The van der Waals surface area contributed by atoms with Crippen LogP contribution in [0.15, 0.2) is 133 Å². The summed E-state index contributed by atoms with van der Waals surface area (Å²) in [5.74, 6) is 2.39. The Morgan fingerprint density at radius 3 is 1.90 bits per heavy atom. The minimum Gasteiger partial charge on any atom is -0.278 e. The molecule has 0 aliphatic carbocycles. The number of fused-ring (bicyclic) bond motifs is 8. The molecule has 9 aromatic rings. The van der Waals surface area contributed by atoms with E-state index in [-0.39, 0.29) is 0 Å². The van der Waals surface area contributed by atoms with Crippen LogP contribution in [0.3, 0.4) is 0 Å². The van der Waals surface area contributed by atoms with E-state index >= 15 is 0 Å². The molecule has 0 amide bonds. The van der Waals surface area contributed by atoms with Gasteiger partial charge in [-0.15, -0.1) is 0 Å². The normalized spacial score (nSPS) is 11.9. The van der Waals surface area contributed by atoms with Gasteiger partial charge in [-0.25, -0.2) is 15.0 Å². The minimum absolute atomic E-state index is 0.692. The zero-order valence-corrected chi connectivity index (χ0v) is 21.9. The maximum absolute atomic E-state index is 5.33. The van der Waals surface area contributed by atoms with E-state index < -0.39 is 0 Å². The number of hydrogen-bond acceptors (Lipinski definition) is 3. The average Bonchev–Trinajstić information content (AvgIpc) is 3.67. The molecular weight excluding hydrogens is 504 g/mol. The Kier molecular flexibility index (Phi) is 4.51. The second-order valence-corrected chi connectivity index (χ2v) is 10.2. The highest BCUT2D eigenvalue weighted by Crippen LogP contribution is 2.37. The lowest BCUT2D eigenvalue weighted by Gasteiger charge is -2.12. The van der Waals surface area contributed by atoms with E-state index in [0.29, 0.717) is 5.82 Å². The predicted molar refractivity (Wildman–Crippen MR) is 165 cm³/mol. The first-order chi connectivity index (χ1) is 20.4. The molecule has 0 N–H and O–H groups in total. The number of benzene rings is 5. The van der Waals surface area contributed by atoms with Crippen molar-refractivity contribution in [1.29, 1.82) is 0 Å². The highest BCUT2D eigenvalue weighted by Gasteiger charge is 2.25. The van der Waals surface area contributed by atoms with Gasteiger partial charge in [-0.1, -0.05) is 91.0 Å². The highest BCUT2D eigenvalue weighted by molar-refractivity contribution is 6.10. The fraction of sp³-hybridized carbons (Fsp3) is 0. The van der Waals surface area contributed by atoms with E-state index in [9.17, 15) is 0 Å². The van der Waals surface area contributed by atoms with Crippen LogP contribution >= 0.6 is 0 Å². The van der Waals surface area contributed by atoms with Gasteiger partial charge in [-0.3, -0.25) is 13.5 Å². The summed E-state index contributed by atoms with van der Waals surface area (Å²) in [5, 5.41) is 2.07. The number of imidazole rings is 2. The van der Waals surface area contributed by atoms with Crippen LogP contribution in [0.25, 0.3) is 72.7 Å². The molecule has 9 rings (SSSR count). The summed E-state index contributed by atoms with van der Waals surface area (Å²) in [7, 11) is 0. The van der Waals surface area contributed by atoms with Crippen LogP contribution in [0.1, 0.15) is 0 Å². The molecule has 0 fully saturated rings. The molecule has 0 aliphatic rings. The largest absolute Gasteiger partial charge is 0.278 e. The Morgan fingerprint density at radius 2 is 1.10 bits per heavy atom. The van der Waals surface area contributed by atoms with Crippen LogP contribution < -0.4 is 0 Å². The molecule has 5 aromatic carbocycles. The summed E-state index contributed by atoms with van der Waals surface area (Å²) >= 11 is 0. The summed E-state index contributed by atoms with van der Waals surface area (Å²) in [5.41, 5.74) is 8.10. The Bertz CT molecular complexity index is 2410. The highest BCUT2D eigenvalue weighted by atomic mass is 15.3. The molecule has 192 valence electrons. The van der Waals surface area contributed by atoms with Gasteiger partial charge >= 0.3 is 0 Å². The first-order valence-electron chi connectivity index (χ1n) is 13.7. The topological polar surface area (TPSA) is 52.9 Å². The number of rotatable bonds is 3. The van der Waals surface area contributed by atoms with Crippen LogP contribution in [0.2, 0.25) is 0 Å². The fourth-order valence-electron chi connectivity index (χ4n) is 6.08. The second kappa shape index (κ2) is 8.37. The third-order valence-electron chi connectivity index (χ3n) is 7.85. The van der Waals surface area contributed by atoms with Crippen molar-refractivity contribution in [2.75, 3.05) is 0 Å². The molecule has 0 atom stereocenters. The van der Waals surface area contributed by atoms with Crippen molar-refractivity contribution in [2.45, 2.75) is 0 Å². The lowest BCUT2D eigenvalue weighted by molar-refractivity contribution is 1.04. The van der Waals surface area contributed by atoms with Crippen molar-refractivity contribution in [3.05, 3.63) is 133 Å². The Labute approximate surface area is 234 Å². The zero-order chi connectivity index (χ0) is 26.9. The van der Waals surface area contributed by atoms with E-state index in [4.69, 9.17) is 15.0 Å². The van der Waals surface area contributed by atoms with Crippen LogP contribution in [0.5, 0.6) is 0 Å². The second-order valence-electron chi connectivity index (χ2n) is 10.2. The molecule has 41 heavy (non-hydrogen) atoms. The number of para-hydroxylation sites is 5. The van der Waals surface area contributed by atoms with Gasteiger partial charge in [0.25, 0.3) is 0 Å². The van der Waals surface area contributed by atoms with Gasteiger partial charge in [0.15, 0.2) is 17.3 Å². The van der Waals surface area contributed by atoms with Crippen molar-refractivity contribution in [3.8, 4) is 22.9 Å². The summed E-state index contributed by atoms with van der Waals surface area (Å²) in [6.45, 7) is 0. The van der Waals surface area contributed by atoms with E-state index in [1.54, 1.807) is 0 Å². The third kappa shape index (κ3) is 3.10. The smallest absolute Gasteiger partial charge is 0.221 e. The summed E-state index contributed by atoms with van der Waals surface area (Å²) < 4.78 is 6.78. The molecule has 0 aliphatic heterocycles. The van der Waals surface area contributed by atoms with Crippen molar-refractivity contribution in [3.63, 3.8) is 0 Å². The first-order valence-corrected chi connectivity index (χ1v) is 13.7. The molecule has 0 saturated carbocycles. The zero-order valence-electron chi connectivity index (χ0n) is 21.9. The van der Waals surface area contributed by atoms with Crippen molar-refractivity contribution < 1.29 is 0 Å². The Hall–Kier alpha value is -5.75. The van der Waals surface area contributed by atoms with Crippen LogP contribution in [-0.2, 0) is 0 Å². The summed E-state index contributed by atoms with van der Waals surface area (Å²) in [6.07, 6.45) is 0. The fourth-order valence-corrected chi connectivity index (χ4v) is 6.08. The van der Waals surface area contributed by atoms with Gasteiger partial charge in [0.1, 0.15) is 5.52 Å². The summed E-state index contributed by atoms with van der Waals surface area (Å²) in [6, 6.07) is 45.8. The number of hydrogen-bond donors (Lipinski definition) is 0. The monoisotopic (exact) mass is 526 g/mol. The molecule has 6 nitrogen and oxygen atoms in total. The Balaban J connectivity index is 1.49. The van der Waals surface area contributed by atoms with E-state index in [2.05, 4.69) is 111 Å². The lowest BCUT2D eigenvalue weighted by atomic mass is 10.2. The standard InChI is InChI=1S/C35H22N6/c1-3-13-23(14-4-1)32-36-27-19-9-7-17-25(27)33(38-32)40-28-20-10-8-18-26(28)31-34(40)41-30-22-12-11-21-29(30)39(35(41)37-31)24-15-5-2-6-16-24/h1-22H. The predicted octanol–water partition coefficient (Wildman–Crippen LogP) is 7.99. The van der Waals surface area contributed by atoms with Crippen molar-refractivity contribution in [2.24, 2.45) is 0 Å². The SMILES string of the molecule is c1ccc(-c2nc(-n3c4ccccc4c4nc5n(-c6ccccc6)c6ccccc6n5c43)c3ccccc3n2)cc1. The lowest BCUT2D eigenvalue weighted by Crippen LogP contribution is -2.04. The van der Waals surface area contributed by atoms with Gasteiger partial charge in [0.05, 0.1) is 22.1 Å². The van der Waals surface area contributed by atoms with Gasteiger partial charge < -0.3 is 0 Å². The molecule has 0 bridgehead atoms. The van der Waals surface area contributed by atoms with Crippen LogP contribution in [0.4, 0.5) is 0 Å². The quantitative estimate of drug-likeness (QED) is 0.234. The maximum Gasteiger partial charge on any atom is 0.221 e. The van der Waals surface area contributed by atoms with Gasteiger partial charge in [-0.05, 0) is 42.5 Å². The number of aromatic nitrogens is 6. The molecule has 0 spiro atoms. The Morgan fingerprint density at radius 1 is 0.463 bits per heavy atom. The molecule has 0 unspecified atom stereocenters. The number of nitrogens with zero attached hydrogens (tertiary/aromatic N) is 6. The average molecular weight is 527 g/mol. The van der Waals surface area contributed by atoms with Crippen LogP contribution in [-0.4, -0.2) is 28.5 Å². The van der Waals surface area contributed by atoms with E-state index in [1.807, 2.05) is 36.4 Å². The van der Waals surface area contributed by atoms with Crippen molar-refractivity contribution >= 4 is 49.8 Å². The van der Waals surface area contributed by atoms with E-state index in [0.717, 1.165) is 66.8 Å². The molecule has 4 heterocycles. The first kappa shape index (κ1) is 22.1. The molecule has 4 aromatic heterocycles.